The van der Waals surface area contributed by atoms with Crippen LogP contribution in [0.25, 0.3) is 0 Å². The van der Waals surface area contributed by atoms with Gasteiger partial charge in [-0.25, -0.2) is 5.43 Å². The van der Waals surface area contributed by atoms with E-state index in [1.807, 2.05) is 5.43 Å². The number of nitro groups is 2. The summed E-state index contributed by atoms with van der Waals surface area (Å²) in [5.74, 6) is -2.04. The Kier molecular flexibility index (Phi) is 5.25. The molecule has 2 aromatic carbocycles. The second-order valence-electron chi connectivity index (χ2n) is 4.63. The lowest BCUT2D eigenvalue weighted by molar-refractivity contribution is -0.394. The molecule has 1 amide bonds. The molecular weight excluding hydrogens is 356 g/mol. The van der Waals surface area contributed by atoms with Crippen LogP contribution in [0, 0.1) is 20.2 Å². The normalized spacial score (nSPS) is 10.6. The average molecular weight is 365 g/mol. The van der Waals surface area contributed by atoms with Crippen LogP contribution >= 0.6 is 11.6 Å². The quantitative estimate of drug-likeness (QED) is 0.473. The molecule has 0 unspecified atom stereocenters. The first-order valence-electron chi connectivity index (χ1n) is 6.54. The zero-order valence-corrected chi connectivity index (χ0v) is 13.0. The number of carbonyl (C=O) groups excluding carboxylic acids is 1. The van der Waals surface area contributed by atoms with Crippen molar-refractivity contribution in [2.75, 3.05) is 0 Å². The number of non-ortho nitro benzene ring substituents is 1. The van der Waals surface area contributed by atoms with E-state index in [0.29, 0.717) is 16.7 Å². The second kappa shape index (κ2) is 7.36. The summed E-state index contributed by atoms with van der Waals surface area (Å²) in [6, 6.07) is 7.71. The molecule has 2 aromatic rings. The Labute approximate surface area is 144 Å². The number of phenols is 1. The van der Waals surface area contributed by atoms with Gasteiger partial charge in [0.2, 0.25) is 5.75 Å². The summed E-state index contributed by atoms with van der Waals surface area (Å²) < 4.78 is 0. The highest BCUT2D eigenvalue weighted by molar-refractivity contribution is 6.30. The molecule has 11 heteroatoms. The first-order valence-corrected chi connectivity index (χ1v) is 6.92. The van der Waals surface area contributed by atoms with Gasteiger partial charge >= 0.3 is 5.69 Å². The topological polar surface area (TPSA) is 148 Å². The smallest absolute Gasteiger partial charge is 0.318 e. The molecule has 0 aliphatic rings. The van der Waals surface area contributed by atoms with Crippen molar-refractivity contribution in [1.82, 2.24) is 5.43 Å². The van der Waals surface area contributed by atoms with Crippen molar-refractivity contribution < 1.29 is 19.7 Å². The van der Waals surface area contributed by atoms with Gasteiger partial charge in [0.25, 0.3) is 11.6 Å². The minimum absolute atomic E-state index is 0.509. The van der Waals surface area contributed by atoms with Crippen LogP contribution in [0.2, 0.25) is 5.02 Å². The van der Waals surface area contributed by atoms with E-state index in [-0.39, 0.29) is 0 Å². The molecule has 0 spiro atoms. The second-order valence-corrected chi connectivity index (χ2v) is 5.06. The SMILES string of the molecule is O=C(NN=Cc1ccc(Cl)cc1)c1cc([N+](=O)[O-])cc([N+](=O)[O-])c1O. The third-order valence-corrected chi connectivity index (χ3v) is 3.23. The lowest BCUT2D eigenvalue weighted by atomic mass is 10.1. The van der Waals surface area contributed by atoms with Crippen LogP contribution in [-0.2, 0) is 0 Å². The fourth-order valence-electron chi connectivity index (χ4n) is 1.80. The maximum absolute atomic E-state index is 12.0. The molecule has 2 N–H and O–H groups in total. The van der Waals surface area contributed by atoms with Crippen LogP contribution in [0.1, 0.15) is 15.9 Å². The highest BCUT2D eigenvalue weighted by atomic mass is 35.5. The molecule has 25 heavy (non-hydrogen) atoms. The minimum atomic E-state index is -1.05. The number of hydrogen-bond donors (Lipinski definition) is 2. The number of nitrogens with one attached hydrogen (secondary N) is 1. The summed E-state index contributed by atoms with van der Waals surface area (Å²) in [6.07, 6.45) is 1.26. The van der Waals surface area contributed by atoms with Crippen LogP contribution in [0.15, 0.2) is 41.5 Å². The van der Waals surface area contributed by atoms with Crippen molar-refractivity contribution >= 4 is 35.1 Å². The number of hydrazone groups is 1. The largest absolute Gasteiger partial charge is 0.502 e. The monoisotopic (exact) mass is 364 g/mol. The van der Waals surface area contributed by atoms with Crippen molar-refractivity contribution in [3.63, 3.8) is 0 Å². The van der Waals surface area contributed by atoms with Crippen molar-refractivity contribution in [3.8, 4) is 5.75 Å². The lowest BCUT2D eigenvalue weighted by Crippen LogP contribution is -2.18. The number of benzene rings is 2. The molecule has 2 rings (SSSR count). The Balaban J connectivity index is 2.27. The van der Waals surface area contributed by atoms with Gasteiger partial charge in [-0.3, -0.25) is 25.0 Å². The Morgan fingerprint density at radius 3 is 2.36 bits per heavy atom. The molecule has 0 saturated carbocycles. The van der Waals surface area contributed by atoms with Gasteiger partial charge in [0.1, 0.15) is 0 Å². The summed E-state index contributed by atoms with van der Waals surface area (Å²) in [5.41, 5.74) is 0.310. The van der Waals surface area contributed by atoms with E-state index in [2.05, 4.69) is 5.10 Å². The van der Waals surface area contributed by atoms with Crippen LogP contribution < -0.4 is 5.43 Å². The number of nitrogens with zero attached hydrogens (tertiary/aromatic N) is 3. The van der Waals surface area contributed by atoms with Gasteiger partial charge in [-0.15, -0.1) is 0 Å². The van der Waals surface area contributed by atoms with Crippen LogP contribution in [0.5, 0.6) is 5.75 Å². The molecule has 0 radical (unpaired) electrons. The molecule has 0 aliphatic heterocycles. The number of aromatic hydroxyl groups is 1. The Bertz CT molecular complexity index is 882. The Morgan fingerprint density at radius 1 is 1.16 bits per heavy atom. The highest BCUT2D eigenvalue weighted by Crippen LogP contribution is 2.34. The van der Waals surface area contributed by atoms with E-state index in [9.17, 15) is 30.1 Å². The van der Waals surface area contributed by atoms with Crippen LogP contribution in [-0.4, -0.2) is 27.1 Å². The maximum Gasteiger partial charge on any atom is 0.318 e. The third kappa shape index (κ3) is 4.26. The summed E-state index contributed by atoms with van der Waals surface area (Å²) in [5, 5.41) is 35.6. The van der Waals surface area contributed by atoms with Gasteiger partial charge in [-0.05, 0) is 17.7 Å². The van der Waals surface area contributed by atoms with Crippen molar-refractivity contribution in [2.24, 2.45) is 5.10 Å². The number of phenolic OH excluding ortho intramolecular Hbond substituents is 1. The Hall–Kier alpha value is -3.53. The van der Waals surface area contributed by atoms with E-state index >= 15 is 0 Å². The standard InChI is InChI=1S/C14H9ClN4O6/c15-9-3-1-8(2-4-9)7-16-17-14(21)11-5-10(18(22)23)6-12(13(11)20)19(24)25/h1-7,20H,(H,17,21). The lowest BCUT2D eigenvalue weighted by Gasteiger charge is -2.04. The van der Waals surface area contributed by atoms with Crippen LogP contribution in [0.4, 0.5) is 11.4 Å². The fourth-order valence-corrected chi connectivity index (χ4v) is 1.92. The van der Waals surface area contributed by atoms with Crippen molar-refractivity contribution in [1.29, 1.82) is 0 Å². The van der Waals surface area contributed by atoms with Gasteiger partial charge in [0.15, 0.2) is 0 Å². The number of hydrogen-bond acceptors (Lipinski definition) is 7. The van der Waals surface area contributed by atoms with E-state index < -0.39 is 38.4 Å². The first kappa shape index (κ1) is 17.8. The molecule has 128 valence electrons. The number of amides is 1. The molecule has 0 heterocycles. The van der Waals surface area contributed by atoms with Gasteiger partial charge in [-0.2, -0.15) is 5.10 Å². The molecule has 10 nitrogen and oxygen atoms in total. The molecule has 0 bridgehead atoms. The predicted octanol–water partition coefficient (Wildman–Crippen LogP) is 2.63. The number of halogens is 1. The van der Waals surface area contributed by atoms with Gasteiger partial charge in [-0.1, -0.05) is 23.7 Å². The molecule has 0 atom stereocenters. The zero-order chi connectivity index (χ0) is 18.6. The molecule has 0 saturated heterocycles. The van der Waals surface area contributed by atoms with Crippen LogP contribution in [0.3, 0.4) is 0 Å². The summed E-state index contributed by atoms with van der Waals surface area (Å²) in [7, 11) is 0. The third-order valence-electron chi connectivity index (χ3n) is 2.98. The van der Waals surface area contributed by atoms with E-state index in [4.69, 9.17) is 11.6 Å². The van der Waals surface area contributed by atoms with Gasteiger partial charge < -0.3 is 5.11 Å². The summed E-state index contributed by atoms with van der Waals surface area (Å²) in [6.45, 7) is 0. The number of carbonyl (C=O) groups is 1. The van der Waals surface area contributed by atoms with E-state index in [1.165, 1.54) is 6.21 Å². The predicted molar refractivity (Wildman–Crippen MR) is 87.9 cm³/mol. The van der Waals surface area contributed by atoms with E-state index in [0.717, 1.165) is 6.07 Å². The molecule has 0 aromatic heterocycles. The average Bonchev–Trinajstić information content (AvgIpc) is 2.56. The maximum atomic E-state index is 12.0. The van der Waals surface area contributed by atoms with Gasteiger partial charge in [0, 0.05) is 11.1 Å². The fraction of sp³-hybridized carbons (Fsp3) is 0. The highest BCUT2D eigenvalue weighted by Gasteiger charge is 2.27. The number of nitro benzene ring substituents is 2. The minimum Gasteiger partial charge on any atom is -0.502 e. The Morgan fingerprint density at radius 2 is 1.80 bits per heavy atom. The molecule has 0 aliphatic carbocycles. The summed E-state index contributed by atoms with van der Waals surface area (Å²) in [4.78, 5) is 31.7. The van der Waals surface area contributed by atoms with Crippen molar-refractivity contribution in [3.05, 3.63) is 72.8 Å². The summed E-state index contributed by atoms with van der Waals surface area (Å²) >= 11 is 5.72. The number of rotatable bonds is 5. The zero-order valence-electron chi connectivity index (χ0n) is 12.2. The van der Waals surface area contributed by atoms with Crippen molar-refractivity contribution in [2.45, 2.75) is 0 Å². The van der Waals surface area contributed by atoms with E-state index in [1.54, 1.807) is 24.3 Å². The molecule has 0 fully saturated rings. The molecular formula is C14H9ClN4O6. The first-order chi connectivity index (χ1) is 11.8. The van der Waals surface area contributed by atoms with Gasteiger partial charge in [0.05, 0.1) is 27.7 Å².